The van der Waals surface area contributed by atoms with E-state index in [-0.39, 0.29) is 5.92 Å². The number of anilines is 1. The van der Waals surface area contributed by atoms with Crippen molar-refractivity contribution < 1.29 is 0 Å². The van der Waals surface area contributed by atoms with Crippen molar-refractivity contribution in [1.29, 1.82) is 5.41 Å². The number of hydrogen-bond acceptors (Lipinski definition) is 4. The molecule has 0 aliphatic carbocycles. The van der Waals surface area contributed by atoms with E-state index in [1.807, 2.05) is 13.8 Å². The molecule has 0 spiro atoms. The molecular formula is C9H14N4. The number of aromatic nitrogens is 2. The van der Waals surface area contributed by atoms with E-state index < -0.39 is 0 Å². The number of hydrogen-bond donors (Lipinski definition) is 2. The predicted molar refractivity (Wildman–Crippen MR) is 52.7 cm³/mol. The van der Waals surface area contributed by atoms with Crippen LogP contribution >= 0.6 is 0 Å². The van der Waals surface area contributed by atoms with Gasteiger partial charge < -0.3 is 11.1 Å². The van der Waals surface area contributed by atoms with Crippen LogP contribution in [0.15, 0.2) is 12.4 Å². The van der Waals surface area contributed by atoms with E-state index in [0.29, 0.717) is 17.0 Å². The molecular weight excluding hydrogens is 164 g/mol. The fraction of sp³-hybridized carbons (Fsp3) is 0.444. The molecule has 1 atom stereocenters. The molecule has 1 aromatic heterocycles. The van der Waals surface area contributed by atoms with E-state index in [4.69, 9.17) is 11.1 Å². The highest BCUT2D eigenvalue weighted by molar-refractivity contribution is 6.03. The molecule has 1 heterocycles. The Kier molecular flexibility index (Phi) is 2.95. The maximum absolute atomic E-state index is 7.83. The number of rotatable bonds is 3. The van der Waals surface area contributed by atoms with Crippen LogP contribution in [0, 0.1) is 11.3 Å². The summed E-state index contributed by atoms with van der Waals surface area (Å²) in [6, 6.07) is 0. The fourth-order valence-corrected chi connectivity index (χ4v) is 1.03. The van der Waals surface area contributed by atoms with Crippen molar-refractivity contribution >= 4 is 11.4 Å². The number of nitrogens with zero attached hydrogens (tertiary/aromatic N) is 2. The first-order valence-corrected chi connectivity index (χ1v) is 4.31. The molecule has 1 rings (SSSR count). The minimum absolute atomic E-state index is 0.214. The molecule has 1 aromatic rings. The maximum Gasteiger partial charge on any atom is 0.0732 e. The molecule has 3 N–H and O–H groups in total. The van der Waals surface area contributed by atoms with Crippen molar-refractivity contribution in [1.82, 2.24) is 10.2 Å². The first-order chi connectivity index (χ1) is 6.16. The Bertz CT molecular complexity index is 308. The summed E-state index contributed by atoms with van der Waals surface area (Å²) in [6.07, 6.45) is 3.96. The Morgan fingerprint density at radius 3 is 2.69 bits per heavy atom. The Labute approximate surface area is 77.7 Å². The van der Waals surface area contributed by atoms with E-state index >= 15 is 0 Å². The Morgan fingerprint density at radius 2 is 2.15 bits per heavy atom. The third kappa shape index (κ3) is 2.02. The zero-order chi connectivity index (χ0) is 9.84. The zero-order valence-electron chi connectivity index (χ0n) is 7.91. The average Bonchev–Trinajstić information content (AvgIpc) is 2.16. The fourth-order valence-electron chi connectivity index (χ4n) is 1.03. The van der Waals surface area contributed by atoms with Crippen molar-refractivity contribution in [2.75, 3.05) is 5.73 Å². The molecule has 0 saturated heterocycles. The van der Waals surface area contributed by atoms with E-state index in [1.54, 1.807) is 6.20 Å². The molecule has 13 heavy (non-hydrogen) atoms. The highest BCUT2D eigenvalue weighted by Gasteiger charge is 2.11. The van der Waals surface area contributed by atoms with Gasteiger partial charge in [0.05, 0.1) is 18.1 Å². The van der Waals surface area contributed by atoms with Gasteiger partial charge in [-0.1, -0.05) is 13.8 Å². The summed E-state index contributed by atoms with van der Waals surface area (Å²) < 4.78 is 0. The molecule has 1 unspecified atom stereocenters. The summed E-state index contributed by atoms with van der Waals surface area (Å²) in [5.41, 5.74) is 7.43. The van der Waals surface area contributed by atoms with Crippen LogP contribution in [-0.4, -0.2) is 15.9 Å². The van der Waals surface area contributed by atoms with E-state index in [1.165, 1.54) is 6.20 Å². The molecule has 70 valence electrons. The zero-order valence-corrected chi connectivity index (χ0v) is 7.91. The van der Waals surface area contributed by atoms with Crippen molar-refractivity contribution in [2.45, 2.75) is 20.3 Å². The summed E-state index contributed by atoms with van der Waals surface area (Å²) in [7, 11) is 0. The Balaban J connectivity index is 2.95. The van der Waals surface area contributed by atoms with Crippen LogP contribution in [0.3, 0.4) is 0 Å². The average molecular weight is 178 g/mol. The molecule has 0 bridgehead atoms. The van der Waals surface area contributed by atoms with Gasteiger partial charge in [-0.3, -0.25) is 0 Å². The normalized spacial score (nSPS) is 12.5. The second-order valence-electron chi connectivity index (χ2n) is 3.08. The topological polar surface area (TPSA) is 75.7 Å². The summed E-state index contributed by atoms with van der Waals surface area (Å²) in [4.78, 5) is 0. The van der Waals surface area contributed by atoms with Gasteiger partial charge in [-0.25, -0.2) is 0 Å². The minimum Gasteiger partial charge on any atom is -0.397 e. The van der Waals surface area contributed by atoms with Gasteiger partial charge in [0.1, 0.15) is 0 Å². The summed E-state index contributed by atoms with van der Waals surface area (Å²) >= 11 is 0. The largest absolute Gasteiger partial charge is 0.397 e. The summed E-state index contributed by atoms with van der Waals surface area (Å²) in [5.74, 6) is 0.214. The molecule has 4 nitrogen and oxygen atoms in total. The third-order valence-corrected chi connectivity index (χ3v) is 2.16. The SMILES string of the molecule is CCC(C)C(=N)c1cnncc1N. The maximum atomic E-state index is 7.83. The minimum atomic E-state index is 0.214. The monoisotopic (exact) mass is 178 g/mol. The van der Waals surface area contributed by atoms with Gasteiger partial charge in [0.15, 0.2) is 0 Å². The number of nitrogens with one attached hydrogen (secondary N) is 1. The van der Waals surface area contributed by atoms with E-state index in [2.05, 4.69) is 10.2 Å². The molecule has 0 amide bonds. The molecule has 0 aliphatic heterocycles. The third-order valence-electron chi connectivity index (χ3n) is 2.16. The van der Waals surface area contributed by atoms with Crippen LogP contribution in [0.4, 0.5) is 5.69 Å². The Morgan fingerprint density at radius 1 is 1.54 bits per heavy atom. The molecule has 0 fully saturated rings. The predicted octanol–water partition coefficient (Wildman–Crippen LogP) is 1.47. The van der Waals surface area contributed by atoms with Crippen LogP contribution < -0.4 is 5.73 Å². The van der Waals surface area contributed by atoms with Gasteiger partial charge in [-0.15, -0.1) is 0 Å². The lowest BCUT2D eigenvalue weighted by Gasteiger charge is -2.11. The van der Waals surface area contributed by atoms with Gasteiger partial charge in [-0.2, -0.15) is 10.2 Å². The lowest BCUT2D eigenvalue weighted by molar-refractivity contribution is 0.735. The van der Waals surface area contributed by atoms with E-state index in [0.717, 1.165) is 6.42 Å². The quantitative estimate of drug-likeness (QED) is 0.688. The van der Waals surface area contributed by atoms with Crippen molar-refractivity contribution in [3.8, 4) is 0 Å². The van der Waals surface area contributed by atoms with Crippen molar-refractivity contribution in [2.24, 2.45) is 5.92 Å². The molecule has 0 aromatic carbocycles. The standard InChI is InChI=1S/C9H14N4/c1-3-6(2)9(11)7-4-12-13-5-8(7)10/h4-6,11H,3H2,1-2H3,(H2,10,12). The molecule has 0 radical (unpaired) electrons. The van der Waals surface area contributed by atoms with Crippen LogP contribution in [0.1, 0.15) is 25.8 Å². The highest BCUT2D eigenvalue weighted by atomic mass is 15.1. The van der Waals surface area contributed by atoms with Gasteiger partial charge >= 0.3 is 0 Å². The molecule has 0 aliphatic rings. The first kappa shape index (κ1) is 9.64. The lowest BCUT2D eigenvalue weighted by atomic mass is 9.97. The second-order valence-corrected chi connectivity index (χ2v) is 3.08. The Hall–Kier alpha value is -1.45. The van der Waals surface area contributed by atoms with Crippen LogP contribution in [0.25, 0.3) is 0 Å². The van der Waals surface area contributed by atoms with Crippen LogP contribution in [0.2, 0.25) is 0 Å². The first-order valence-electron chi connectivity index (χ1n) is 4.31. The smallest absolute Gasteiger partial charge is 0.0732 e. The highest BCUT2D eigenvalue weighted by Crippen LogP contribution is 2.15. The van der Waals surface area contributed by atoms with Gasteiger partial charge in [0.2, 0.25) is 0 Å². The summed E-state index contributed by atoms with van der Waals surface area (Å²) in [5, 5.41) is 15.2. The molecule has 0 saturated carbocycles. The summed E-state index contributed by atoms with van der Waals surface area (Å²) in [6.45, 7) is 4.05. The second kappa shape index (κ2) is 3.98. The number of nitrogens with two attached hydrogens (primary N) is 1. The van der Waals surface area contributed by atoms with Crippen LogP contribution in [0.5, 0.6) is 0 Å². The molecule has 4 heteroatoms. The van der Waals surface area contributed by atoms with Gasteiger partial charge in [0, 0.05) is 11.3 Å². The lowest BCUT2D eigenvalue weighted by Crippen LogP contribution is -2.13. The van der Waals surface area contributed by atoms with Crippen molar-refractivity contribution in [3.63, 3.8) is 0 Å². The van der Waals surface area contributed by atoms with Gasteiger partial charge in [-0.05, 0) is 12.3 Å². The van der Waals surface area contributed by atoms with E-state index in [9.17, 15) is 0 Å². The van der Waals surface area contributed by atoms with Crippen molar-refractivity contribution in [3.05, 3.63) is 18.0 Å². The number of nitrogen functional groups attached to an aromatic ring is 1. The van der Waals surface area contributed by atoms with Crippen LogP contribution in [-0.2, 0) is 0 Å². The van der Waals surface area contributed by atoms with Gasteiger partial charge in [0.25, 0.3) is 0 Å².